The maximum absolute atomic E-state index is 12.7. The molecule has 0 aliphatic carbocycles. The normalized spacial score (nSPS) is 18.6. The van der Waals surface area contributed by atoms with Crippen LogP contribution in [0.3, 0.4) is 0 Å². The van der Waals surface area contributed by atoms with E-state index in [4.69, 9.17) is 11.5 Å². The molecule has 10 nitrogen and oxygen atoms in total. The van der Waals surface area contributed by atoms with Crippen LogP contribution in [0.4, 0.5) is 0 Å². The number of nitrogens with two attached hydrogens (primary N) is 2. The Morgan fingerprint density at radius 1 is 1.50 bits per heavy atom. The minimum absolute atomic E-state index is 0.109. The average Bonchev–Trinajstić information content (AvgIpc) is 3.21. The minimum atomic E-state index is -0.728. The van der Waals surface area contributed by atoms with E-state index in [9.17, 15) is 14.4 Å². The number of nitrogens with zero attached hydrogens (tertiary/aromatic N) is 3. The highest BCUT2D eigenvalue weighted by Gasteiger charge is 2.29. The number of likely N-dealkylation sites (tertiary alicyclic amines) is 1. The Morgan fingerprint density at radius 2 is 2.29 bits per heavy atom. The van der Waals surface area contributed by atoms with Gasteiger partial charge >= 0.3 is 0 Å². The van der Waals surface area contributed by atoms with Crippen LogP contribution in [0.25, 0.3) is 0 Å². The Balaban J connectivity index is 1.94. The number of thiazole rings is 1. The van der Waals surface area contributed by atoms with Crippen LogP contribution in [0.2, 0.25) is 0 Å². The van der Waals surface area contributed by atoms with Gasteiger partial charge in [-0.25, -0.2) is 4.98 Å². The summed E-state index contributed by atoms with van der Waals surface area (Å²) in [6.45, 7) is 0.895. The Bertz CT molecular complexity index is 708. The fraction of sp³-hybridized carbons (Fsp3) is 0.588. The number of aromatic nitrogens is 1. The molecule has 1 aliphatic rings. The second-order valence-electron chi connectivity index (χ2n) is 6.51. The van der Waals surface area contributed by atoms with Crippen LogP contribution < -0.4 is 22.1 Å². The highest BCUT2D eigenvalue weighted by molar-refractivity contribution is 7.11. The van der Waals surface area contributed by atoms with E-state index in [1.54, 1.807) is 18.6 Å². The fourth-order valence-electron chi connectivity index (χ4n) is 2.91. The molecule has 1 fully saturated rings. The molecule has 2 amide bonds. The summed E-state index contributed by atoms with van der Waals surface area (Å²) in [6, 6.07) is -1.29. The quantitative estimate of drug-likeness (QED) is 0.178. The summed E-state index contributed by atoms with van der Waals surface area (Å²) in [4.78, 5) is 46.5. The van der Waals surface area contributed by atoms with Crippen molar-refractivity contribution in [2.24, 2.45) is 16.5 Å². The lowest BCUT2D eigenvalue weighted by molar-refractivity contribution is -0.139. The Hall–Kier alpha value is -2.53. The predicted octanol–water partition coefficient (Wildman–Crippen LogP) is -0.925. The Morgan fingerprint density at radius 3 is 2.96 bits per heavy atom. The standard InChI is InChI=1S/C17H27N7O3S/c1-20-17(19)22-6-2-5-12(14(26)15-21-7-9-28-15)23-13(25)10-24-8-3-4-11(18)16(24)27/h7,9,11-12H,2-6,8,10,18H2,1H3,(H,23,25)(H3,19,20,22)/t11-,12-/m0/s1. The van der Waals surface area contributed by atoms with Crippen LogP contribution in [0.1, 0.15) is 35.5 Å². The molecule has 0 bridgehead atoms. The first-order valence-electron chi connectivity index (χ1n) is 9.16. The van der Waals surface area contributed by atoms with Crippen molar-refractivity contribution in [3.63, 3.8) is 0 Å². The number of Topliss-reactive ketones (excluding diaryl/α,β-unsaturated/α-hetero) is 1. The number of carbonyl (C=O) groups is 3. The highest BCUT2D eigenvalue weighted by atomic mass is 32.1. The average molecular weight is 410 g/mol. The van der Waals surface area contributed by atoms with Gasteiger partial charge < -0.3 is 27.0 Å². The van der Waals surface area contributed by atoms with Crippen LogP contribution in [0.15, 0.2) is 16.6 Å². The van der Waals surface area contributed by atoms with Crippen LogP contribution in [-0.2, 0) is 9.59 Å². The minimum Gasteiger partial charge on any atom is -0.370 e. The summed E-state index contributed by atoms with van der Waals surface area (Å²) in [7, 11) is 1.57. The van der Waals surface area contributed by atoms with Gasteiger partial charge in [0.15, 0.2) is 11.0 Å². The molecule has 1 saturated heterocycles. The Kier molecular flexibility index (Phi) is 8.33. The molecule has 1 aromatic rings. The number of piperidine rings is 1. The molecular formula is C17H27N7O3S. The first kappa shape index (κ1) is 21.8. The van der Waals surface area contributed by atoms with E-state index in [1.165, 1.54) is 16.2 Å². The molecule has 2 rings (SSSR count). The van der Waals surface area contributed by atoms with E-state index < -0.39 is 12.1 Å². The van der Waals surface area contributed by atoms with Gasteiger partial charge in [-0.2, -0.15) is 0 Å². The van der Waals surface area contributed by atoms with Crippen molar-refractivity contribution in [1.82, 2.24) is 20.5 Å². The number of hydrogen-bond acceptors (Lipinski definition) is 7. The first-order valence-corrected chi connectivity index (χ1v) is 10.0. The van der Waals surface area contributed by atoms with Crippen molar-refractivity contribution < 1.29 is 14.4 Å². The smallest absolute Gasteiger partial charge is 0.240 e. The number of rotatable bonds is 9. The SMILES string of the molecule is CN=C(N)NCCC[C@H](NC(=O)CN1CCC[C@H](N)C1=O)C(=O)c1nccs1. The number of amides is 2. The molecule has 0 radical (unpaired) electrons. The maximum Gasteiger partial charge on any atom is 0.240 e. The van der Waals surface area contributed by atoms with Gasteiger partial charge in [0.1, 0.15) is 0 Å². The van der Waals surface area contributed by atoms with Crippen molar-refractivity contribution in [2.75, 3.05) is 26.7 Å². The lowest BCUT2D eigenvalue weighted by Crippen LogP contribution is -2.53. The van der Waals surface area contributed by atoms with E-state index >= 15 is 0 Å². The van der Waals surface area contributed by atoms with Gasteiger partial charge in [-0.3, -0.25) is 19.4 Å². The van der Waals surface area contributed by atoms with Gasteiger partial charge in [0.2, 0.25) is 17.6 Å². The maximum atomic E-state index is 12.7. The summed E-state index contributed by atoms with van der Waals surface area (Å²) in [5.74, 6) is -0.559. The Labute approximate surface area is 167 Å². The van der Waals surface area contributed by atoms with Crippen LogP contribution in [0.5, 0.6) is 0 Å². The summed E-state index contributed by atoms with van der Waals surface area (Å²) in [5, 5.41) is 7.70. The van der Waals surface area contributed by atoms with Gasteiger partial charge in [-0.15, -0.1) is 11.3 Å². The van der Waals surface area contributed by atoms with E-state index in [-0.39, 0.29) is 24.1 Å². The molecule has 1 aromatic heterocycles. The number of aliphatic imine (C=N–C) groups is 1. The monoisotopic (exact) mass is 409 g/mol. The summed E-state index contributed by atoms with van der Waals surface area (Å²) in [5.41, 5.74) is 11.3. The molecule has 0 spiro atoms. The largest absolute Gasteiger partial charge is 0.370 e. The number of hydrogen-bond donors (Lipinski definition) is 4. The molecule has 6 N–H and O–H groups in total. The van der Waals surface area contributed by atoms with E-state index in [0.717, 1.165) is 6.42 Å². The lowest BCUT2D eigenvalue weighted by Gasteiger charge is -2.30. The van der Waals surface area contributed by atoms with Gasteiger partial charge in [0.05, 0.1) is 18.6 Å². The third kappa shape index (κ3) is 6.27. The number of carbonyl (C=O) groups excluding carboxylic acids is 3. The number of guanidine groups is 1. The predicted molar refractivity (Wildman–Crippen MR) is 107 cm³/mol. The zero-order valence-electron chi connectivity index (χ0n) is 15.9. The van der Waals surface area contributed by atoms with Crippen molar-refractivity contribution in [3.05, 3.63) is 16.6 Å². The summed E-state index contributed by atoms with van der Waals surface area (Å²) in [6.07, 6.45) is 3.92. The number of nitrogens with one attached hydrogen (secondary N) is 2. The third-order valence-electron chi connectivity index (χ3n) is 4.42. The van der Waals surface area contributed by atoms with Gasteiger partial charge in [-0.05, 0) is 25.7 Å². The highest BCUT2D eigenvalue weighted by Crippen LogP contribution is 2.12. The van der Waals surface area contributed by atoms with Crippen LogP contribution in [0, 0.1) is 0 Å². The van der Waals surface area contributed by atoms with Crippen LogP contribution >= 0.6 is 11.3 Å². The number of ketones is 1. The molecule has 1 aliphatic heterocycles. The van der Waals surface area contributed by atoms with Crippen molar-refractivity contribution in [2.45, 2.75) is 37.8 Å². The molecule has 2 atom stereocenters. The first-order chi connectivity index (χ1) is 13.4. The van der Waals surface area contributed by atoms with Gasteiger partial charge in [-0.1, -0.05) is 0 Å². The van der Waals surface area contributed by atoms with E-state index in [1.807, 2.05) is 0 Å². The molecule has 11 heteroatoms. The molecule has 2 heterocycles. The third-order valence-corrected chi connectivity index (χ3v) is 5.21. The second-order valence-corrected chi connectivity index (χ2v) is 7.40. The zero-order chi connectivity index (χ0) is 20.5. The van der Waals surface area contributed by atoms with E-state index in [0.29, 0.717) is 43.3 Å². The molecule has 0 aromatic carbocycles. The molecule has 28 heavy (non-hydrogen) atoms. The topological polar surface area (TPSA) is 156 Å². The summed E-state index contributed by atoms with van der Waals surface area (Å²) < 4.78 is 0. The summed E-state index contributed by atoms with van der Waals surface area (Å²) >= 11 is 1.22. The van der Waals surface area contributed by atoms with Gasteiger partial charge in [0, 0.05) is 31.7 Å². The molecule has 154 valence electrons. The fourth-order valence-corrected chi connectivity index (χ4v) is 3.54. The molecule has 0 saturated carbocycles. The van der Waals surface area contributed by atoms with Gasteiger partial charge in [0.25, 0.3) is 0 Å². The molecular weight excluding hydrogens is 382 g/mol. The van der Waals surface area contributed by atoms with Crippen molar-refractivity contribution >= 4 is 34.9 Å². The van der Waals surface area contributed by atoms with Crippen molar-refractivity contribution in [1.29, 1.82) is 0 Å². The zero-order valence-corrected chi connectivity index (χ0v) is 16.7. The van der Waals surface area contributed by atoms with Crippen molar-refractivity contribution in [3.8, 4) is 0 Å². The second kappa shape index (κ2) is 10.7. The van der Waals surface area contributed by atoms with Crippen LogP contribution in [-0.4, -0.2) is 72.2 Å². The lowest BCUT2D eigenvalue weighted by atomic mass is 10.1. The van der Waals surface area contributed by atoms with E-state index in [2.05, 4.69) is 20.6 Å². The molecule has 0 unspecified atom stereocenters.